The summed E-state index contributed by atoms with van der Waals surface area (Å²) in [6.07, 6.45) is 4.31. The van der Waals surface area contributed by atoms with E-state index in [2.05, 4.69) is 51.6 Å². The summed E-state index contributed by atoms with van der Waals surface area (Å²) >= 11 is 2.30. The molecule has 1 heterocycles. The van der Waals surface area contributed by atoms with Crippen LogP contribution in [0.1, 0.15) is 40.7 Å². The van der Waals surface area contributed by atoms with Crippen molar-refractivity contribution in [3.63, 3.8) is 0 Å². The number of benzene rings is 2. The highest BCUT2D eigenvalue weighted by molar-refractivity contribution is 14.1. The molecule has 0 N–H and O–H groups in total. The van der Waals surface area contributed by atoms with Gasteiger partial charge >= 0.3 is 5.97 Å². The van der Waals surface area contributed by atoms with Crippen molar-refractivity contribution < 1.29 is 19.1 Å². The van der Waals surface area contributed by atoms with Gasteiger partial charge in [-0.05, 0) is 70.5 Å². The summed E-state index contributed by atoms with van der Waals surface area (Å²) < 4.78 is 5.90. The average Bonchev–Trinajstić information content (AvgIpc) is 3.57. The Balaban J connectivity index is 1.26. The summed E-state index contributed by atoms with van der Waals surface area (Å²) in [5.41, 5.74) is 2.61. The van der Waals surface area contributed by atoms with Crippen LogP contribution in [0.2, 0.25) is 0 Å². The molecule has 2 unspecified atom stereocenters. The van der Waals surface area contributed by atoms with Crippen LogP contribution in [0.15, 0.2) is 54.6 Å². The Morgan fingerprint density at radius 1 is 1.09 bits per heavy atom. The van der Waals surface area contributed by atoms with Crippen molar-refractivity contribution in [2.24, 2.45) is 5.92 Å². The second-order valence-corrected chi connectivity index (χ2v) is 9.93. The van der Waals surface area contributed by atoms with E-state index in [9.17, 15) is 14.4 Å². The zero-order valence-corrected chi connectivity index (χ0v) is 20.9. The summed E-state index contributed by atoms with van der Waals surface area (Å²) in [5.74, 6) is 0.401. The van der Waals surface area contributed by atoms with E-state index in [0.29, 0.717) is 37.0 Å². The molecule has 0 spiro atoms. The number of ether oxygens (including phenoxy) is 1. The minimum atomic E-state index is -0.385. The molecule has 1 aliphatic heterocycles. The Bertz CT molecular complexity index is 1060. The Morgan fingerprint density at radius 2 is 1.76 bits per heavy atom. The quantitative estimate of drug-likeness (QED) is 0.293. The third-order valence-corrected chi connectivity index (χ3v) is 7.05. The normalized spacial score (nSPS) is 19.8. The first-order valence-corrected chi connectivity index (χ1v) is 12.1. The van der Waals surface area contributed by atoms with Gasteiger partial charge in [-0.3, -0.25) is 9.59 Å². The Morgan fingerprint density at radius 3 is 2.36 bits per heavy atom. The van der Waals surface area contributed by atoms with Gasteiger partial charge in [0, 0.05) is 54.1 Å². The number of methoxy groups -OCH3 is 1. The van der Waals surface area contributed by atoms with E-state index in [1.807, 2.05) is 4.90 Å². The molecule has 2 aromatic rings. The zero-order valence-electron chi connectivity index (χ0n) is 18.7. The molecule has 2 aromatic carbocycles. The van der Waals surface area contributed by atoms with E-state index in [1.165, 1.54) is 16.2 Å². The fraction of sp³-hybridized carbons (Fsp3) is 0.346. The van der Waals surface area contributed by atoms with Gasteiger partial charge in [0.1, 0.15) is 0 Å². The molecule has 6 nitrogen and oxygen atoms in total. The van der Waals surface area contributed by atoms with E-state index in [0.717, 1.165) is 12.0 Å². The van der Waals surface area contributed by atoms with Crippen LogP contribution >= 0.6 is 22.6 Å². The van der Waals surface area contributed by atoms with Crippen molar-refractivity contribution in [3.05, 3.63) is 74.9 Å². The summed E-state index contributed by atoms with van der Waals surface area (Å²) in [4.78, 5) is 40.1. The van der Waals surface area contributed by atoms with Gasteiger partial charge in [0.25, 0.3) is 0 Å². The summed E-state index contributed by atoms with van der Waals surface area (Å²) in [5, 5.41) is 0. The molecule has 2 aliphatic rings. The standard InChI is InChI=1S/C26H27IN2O4/c1-17(30)29(24-13-23(24)20-8-10-22(27)11-9-20)16-19-14-28(15-19)25(31)12-5-18-3-6-21(7-4-18)26(32)33-2/h3-12,19,23-24H,13-16H2,1-2H3/b12-5+. The largest absolute Gasteiger partial charge is 0.465 e. The van der Waals surface area contributed by atoms with Crippen LogP contribution < -0.4 is 0 Å². The molecule has 0 radical (unpaired) electrons. The highest BCUT2D eigenvalue weighted by atomic mass is 127. The van der Waals surface area contributed by atoms with Gasteiger partial charge in [0.2, 0.25) is 11.8 Å². The summed E-state index contributed by atoms with van der Waals surface area (Å²) in [6, 6.07) is 15.7. The number of rotatable bonds is 7. The van der Waals surface area contributed by atoms with E-state index in [1.54, 1.807) is 48.2 Å². The fourth-order valence-corrected chi connectivity index (χ4v) is 4.72. The van der Waals surface area contributed by atoms with Crippen LogP contribution in [0.3, 0.4) is 0 Å². The number of likely N-dealkylation sites (tertiary alicyclic amines) is 1. The molecule has 2 fully saturated rings. The van der Waals surface area contributed by atoms with Crippen molar-refractivity contribution in [1.29, 1.82) is 0 Å². The van der Waals surface area contributed by atoms with E-state index in [-0.39, 0.29) is 23.8 Å². The third kappa shape index (κ3) is 5.63. The average molecular weight is 558 g/mol. The Hall–Kier alpha value is -2.68. The number of nitrogens with zero attached hydrogens (tertiary/aromatic N) is 2. The van der Waals surface area contributed by atoms with Gasteiger partial charge in [-0.1, -0.05) is 24.3 Å². The molecule has 172 valence electrons. The van der Waals surface area contributed by atoms with E-state index < -0.39 is 0 Å². The van der Waals surface area contributed by atoms with Crippen LogP contribution in [-0.4, -0.2) is 60.4 Å². The maximum absolute atomic E-state index is 12.5. The number of carbonyl (C=O) groups excluding carboxylic acids is 3. The molecule has 1 saturated heterocycles. The molecule has 4 rings (SSSR count). The lowest BCUT2D eigenvalue weighted by Gasteiger charge is -2.41. The smallest absolute Gasteiger partial charge is 0.337 e. The van der Waals surface area contributed by atoms with Crippen molar-refractivity contribution in [2.75, 3.05) is 26.7 Å². The number of halogens is 1. The second kappa shape index (κ2) is 10.1. The maximum Gasteiger partial charge on any atom is 0.337 e. The molecule has 2 amide bonds. The molecule has 0 bridgehead atoms. The molecular weight excluding hydrogens is 531 g/mol. The Kier molecular flexibility index (Phi) is 7.17. The lowest BCUT2D eigenvalue weighted by atomic mass is 9.98. The molecule has 0 aromatic heterocycles. The predicted molar refractivity (Wildman–Crippen MR) is 135 cm³/mol. The lowest BCUT2D eigenvalue weighted by molar-refractivity contribution is -0.135. The predicted octanol–water partition coefficient (Wildman–Crippen LogP) is 3.95. The molecule has 2 atom stereocenters. The molecular formula is C26H27IN2O4. The van der Waals surface area contributed by atoms with Gasteiger partial charge in [-0.15, -0.1) is 0 Å². The van der Waals surface area contributed by atoms with Crippen molar-refractivity contribution in [1.82, 2.24) is 9.80 Å². The number of amides is 2. The number of carbonyl (C=O) groups is 3. The number of esters is 1. The Labute approximate surface area is 207 Å². The lowest BCUT2D eigenvalue weighted by Crippen LogP contribution is -2.54. The van der Waals surface area contributed by atoms with Gasteiger partial charge in [0.05, 0.1) is 12.7 Å². The minimum Gasteiger partial charge on any atom is -0.465 e. The molecule has 33 heavy (non-hydrogen) atoms. The van der Waals surface area contributed by atoms with Gasteiger partial charge in [0.15, 0.2) is 0 Å². The van der Waals surface area contributed by atoms with E-state index >= 15 is 0 Å². The second-order valence-electron chi connectivity index (χ2n) is 8.69. The number of hydrogen-bond acceptors (Lipinski definition) is 4. The van der Waals surface area contributed by atoms with Crippen molar-refractivity contribution in [2.45, 2.75) is 25.3 Å². The van der Waals surface area contributed by atoms with Crippen LogP contribution in [0.5, 0.6) is 0 Å². The van der Waals surface area contributed by atoms with Crippen LogP contribution in [0.25, 0.3) is 6.08 Å². The third-order valence-electron chi connectivity index (χ3n) is 6.33. The zero-order chi connectivity index (χ0) is 23.5. The molecule has 7 heteroatoms. The minimum absolute atomic E-state index is 0.0409. The van der Waals surface area contributed by atoms with Gasteiger partial charge in [-0.2, -0.15) is 0 Å². The highest BCUT2D eigenvalue weighted by Crippen LogP contribution is 2.45. The summed E-state index contributed by atoms with van der Waals surface area (Å²) in [7, 11) is 1.34. The fourth-order valence-electron chi connectivity index (χ4n) is 4.36. The highest BCUT2D eigenvalue weighted by Gasteiger charge is 2.45. The van der Waals surface area contributed by atoms with Crippen LogP contribution in [0, 0.1) is 9.49 Å². The monoisotopic (exact) mass is 558 g/mol. The number of hydrogen-bond donors (Lipinski definition) is 0. The van der Waals surface area contributed by atoms with Crippen molar-refractivity contribution >= 4 is 46.5 Å². The SMILES string of the molecule is COC(=O)c1ccc(/C=C/C(=O)N2CC(CN(C(C)=O)C3CC3c3ccc(I)cc3)C2)cc1. The molecule has 1 aliphatic carbocycles. The van der Waals surface area contributed by atoms with Crippen LogP contribution in [-0.2, 0) is 14.3 Å². The molecule has 1 saturated carbocycles. The maximum atomic E-state index is 12.5. The first-order valence-electron chi connectivity index (χ1n) is 11.0. The first kappa shape index (κ1) is 23.5. The van der Waals surface area contributed by atoms with Gasteiger partial charge in [-0.25, -0.2) is 4.79 Å². The van der Waals surface area contributed by atoms with E-state index in [4.69, 9.17) is 0 Å². The van der Waals surface area contributed by atoms with Crippen molar-refractivity contribution in [3.8, 4) is 0 Å². The van der Waals surface area contributed by atoms with Crippen LogP contribution in [0.4, 0.5) is 0 Å². The topological polar surface area (TPSA) is 66.9 Å². The summed E-state index contributed by atoms with van der Waals surface area (Å²) in [6.45, 7) is 3.66. The van der Waals surface area contributed by atoms with Gasteiger partial charge < -0.3 is 14.5 Å². The first-order chi connectivity index (χ1) is 15.9.